The monoisotopic (exact) mass is 318 g/mol. The third kappa shape index (κ3) is 2.79. The average molecular weight is 319 g/mol. The van der Waals surface area contributed by atoms with Gasteiger partial charge in [-0.15, -0.1) is 0 Å². The van der Waals surface area contributed by atoms with Gasteiger partial charge in [0.25, 0.3) is 5.69 Å². The molecule has 1 atom stereocenters. The molecule has 8 heteroatoms. The fourth-order valence-corrected chi connectivity index (χ4v) is 3.68. The predicted octanol–water partition coefficient (Wildman–Crippen LogP) is 2.67. The van der Waals surface area contributed by atoms with E-state index in [0.29, 0.717) is 5.92 Å². The number of hydrogen-bond acceptors (Lipinski definition) is 4. The number of nitro benzene ring substituents is 1. The molecular formula is C12H15ClN2O4S. The van der Waals surface area contributed by atoms with Crippen molar-refractivity contribution in [2.75, 3.05) is 7.05 Å². The van der Waals surface area contributed by atoms with Crippen molar-refractivity contribution in [2.24, 2.45) is 5.92 Å². The van der Waals surface area contributed by atoms with Gasteiger partial charge in [0.05, 0.1) is 9.82 Å². The molecule has 20 heavy (non-hydrogen) atoms. The van der Waals surface area contributed by atoms with E-state index < -0.39 is 20.6 Å². The zero-order valence-electron chi connectivity index (χ0n) is 11.1. The minimum absolute atomic E-state index is 0.0770. The minimum atomic E-state index is -3.75. The molecule has 0 heterocycles. The molecular weight excluding hydrogens is 304 g/mol. The van der Waals surface area contributed by atoms with Crippen molar-refractivity contribution in [3.63, 3.8) is 0 Å². The van der Waals surface area contributed by atoms with Gasteiger partial charge in [0.1, 0.15) is 5.02 Å². The third-order valence-corrected chi connectivity index (χ3v) is 5.93. The molecule has 1 aromatic carbocycles. The first kappa shape index (κ1) is 15.2. The highest BCUT2D eigenvalue weighted by molar-refractivity contribution is 7.89. The van der Waals surface area contributed by atoms with Gasteiger partial charge in [-0.3, -0.25) is 10.1 Å². The van der Waals surface area contributed by atoms with E-state index in [4.69, 9.17) is 11.6 Å². The van der Waals surface area contributed by atoms with Crippen LogP contribution in [0.1, 0.15) is 19.8 Å². The predicted molar refractivity (Wildman–Crippen MR) is 75.2 cm³/mol. The van der Waals surface area contributed by atoms with Crippen LogP contribution in [-0.2, 0) is 10.0 Å². The number of nitrogens with zero attached hydrogens (tertiary/aromatic N) is 2. The lowest BCUT2D eigenvalue weighted by Gasteiger charge is -2.24. The first-order valence-electron chi connectivity index (χ1n) is 6.17. The molecule has 2 rings (SSSR count). The summed E-state index contributed by atoms with van der Waals surface area (Å²) in [5.41, 5.74) is -0.403. The van der Waals surface area contributed by atoms with Crippen LogP contribution in [0.15, 0.2) is 23.1 Å². The Labute approximate surface area is 122 Å². The highest BCUT2D eigenvalue weighted by atomic mass is 35.5. The summed E-state index contributed by atoms with van der Waals surface area (Å²) >= 11 is 5.69. The molecule has 0 aromatic heterocycles. The molecule has 6 nitrogen and oxygen atoms in total. The van der Waals surface area contributed by atoms with Crippen LogP contribution in [0.4, 0.5) is 5.69 Å². The maximum Gasteiger partial charge on any atom is 0.289 e. The van der Waals surface area contributed by atoms with E-state index in [9.17, 15) is 18.5 Å². The summed E-state index contributed by atoms with van der Waals surface area (Å²) in [6.45, 7) is 1.85. The van der Waals surface area contributed by atoms with E-state index in [2.05, 4.69) is 0 Å². The second-order valence-electron chi connectivity index (χ2n) is 4.97. The van der Waals surface area contributed by atoms with Gasteiger partial charge in [0, 0.05) is 19.2 Å². The summed E-state index contributed by atoms with van der Waals surface area (Å²) in [5.74, 6) is 0.372. The normalized spacial score (nSPS) is 17.2. The summed E-state index contributed by atoms with van der Waals surface area (Å²) in [6, 6.07) is 3.42. The van der Waals surface area contributed by atoms with Gasteiger partial charge in [-0.2, -0.15) is 4.31 Å². The molecule has 1 fully saturated rings. The van der Waals surface area contributed by atoms with E-state index >= 15 is 0 Å². The molecule has 0 aliphatic heterocycles. The van der Waals surface area contributed by atoms with E-state index in [1.54, 1.807) is 0 Å². The lowest BCUT2D eigenvalue weighted by molar-refractivity contribution is -0.384. The largest absolute Gasteiger partial charge is 0.289 e. The van der Waals surface area contributed by atoms with E-state index in [1.165, 1.54) is 23.5 Å². The first-order chi connectivity index (χ1) is 9.25. The van der Waals surface area contributed by atoms with Crippen molar-refractivity contribution in [3.8, 4) is 0 Å². The average Bonchev–Trinajstić information content (AvgIpc) is 3.21. The smallest absolute Gasteiger partial charge is 0.258 e. The molecule has 1 aromatic rings. The fourth-order valence-electron chi connectivity index (χ4n) is 2.05. The Kier molecular flexibility index (Phi) is 4.04. The zero-order valence-corrected chi connectivity index (χ0v) is 12.7. The summed E-state index contributed by atoms with van der Waals surface area (Å²) in [5, 5.41) is 10.8. The molecule has 0 bridgehead atoms. The van der Waals surface area contributed by atoms with Crippen LogP contribution < -0.4 is 0 Å². The van der Waals surface area contributed by atoms with Gasteiger partial charge in [-0.05, 0) is 37.8 Å². The fraction of sp³-hybridized carbons (Fsp3) is 0.500. The quantitative estimate of drug-likeness (QED) is 0.617. The second-order valence-corrected chi connectivity index (χ2v) is 7.37. The molecule has 0 radical (unpaired) electrons. The van der Waals surface area contributed by atoms with Gasteiger partial charge < -0.3 is 0 Å². The zero-order chi connectivity index (χ0) is 15.1. The summed E-state index contributed by atoms with van der Waals surface area (Å²) in [7, 11) is -2.25. The van der Waals surface area contributed by atoms with Crippen LogP contribution in [0.2, 0.25) is 5.02 Å². The van der Waals surface area contributed by atoms with Gasteiger partial charge in [0.15, 0.2) is 0 Å². The molecule has 0 amide bonds. The van der Waals surface area contributed by atoms with Crippen molar-refractivity contribution in [3.05, 3.63) is 33.3 Å². The number of benzene rings is 1. The van der Waals surface area contributed by atoms with E-state index in [-0.39, 0.29) is 16.0 Å². The third-order valence-electron chi connectivity index (χ3n) is 3.67. The highest BCUT2D eigenvalue weighted by Gasteiger charge is 2.36. The lowest BCUT2D eigenvalue weighted by Crippen LogP contribution is -2.36. The number of halogens is 1. The van der Waals surface area contributed by atoms with Gasteiger partial charge in [-0.25, -0.2) is 8.42 Å². The highest BCUT2D eigenvalue weighted by Crippen LogP contribution is 2.37. The molecule has 1 saturated carbocycles. The van der Waals surface area contributed by atoms with Crippen molar-refractivity contribution >= 4 is 27.3 Å². The van der Waals surface area contributed by atoms with E-state index in [1.807, 2.05) is 6.92 Å². The summed E-state index contributed by atoms with van der Waals surface area (Å²) < 4.78 is 26.2. The molecule has 0 saturated heterocycles. The van der Waals surface area contributed by atoms with Crippen LogP contribution in [0.25, 0.3) is 0 Å². The molecule has 1 unspecified atom stereocenters. The second kappa shape index (κ2) is 5.31. The number of nitro groups is 1. The molecule has 1 aliphatic rings. The van der Waals surface area contributed by atoms with Gasteiger partial charge in [-0.1, -0.05) is 11.6 Å². The van der Waals surface area contributed by atoms with Crippen molar-refractivity contribution in [2.45, 2.75) is 30.7 Å². The topological polar surface area (TPSA) is 80.5 Å². The molecule has 1 aliphatic carbocycles. The summed E-state index contributed by atoms with van der Waals surface area (Å²) in [6.07, 6.45) is 2.03. The standard InChI is InChI=1S/C12H15ClN2O4S/c1-8(9-3-4-9)14(2)20(18,19)10-5-6-11(13)12(7-10)15(16)17/h5-9H,3-4H2,1-2H3. The number of rotatable bonds is 5. The summed E-state index contributed by atoms with van der Waals surface area (Å²) in [4.78, 5) is 10.0. The van der Waals surface area contributed by atoms with Crippen LogP contribution in [0, 0.1) is 16.0 Å². The molecule has 110 valence electrons. The molecule has 0 spiro atoms. The Balaban J connectivity index is 2.38. The van der Waals surface area contributed by atoms with Crippen LogP contribution in [0.3, 0.4) is 0 Å². The van der Waals surface area contributed by atoms with Crippen LogP contribution >= 0.6 is 11.6 Å². The number of hydrogen-bond donors (Lipinski definition) is 0. The number of sulfonamides is 1. The van der Waals surface area contributed by atoms with E-state index in [0.717, 1.165) is 18.9 Å². The van der Waals surface area contributed by atoms with Gasteiger partial charge in [0.2, 0.25) is 10.0 Å². The molecule has 0 N–H and O–H groups in total. The Morgan fingerprint density at radius 2 is 2.05 bits per heavy atom. The van der Waals surface area contributed by atoms with Crippen LogP contribution in [-0.4, -0.2) is 30.7 Å². The lowest BCUT2D eigenvalue weighted by atomic mass is 10.2. The maximum atomic E-state index is 12.5. The Bertz CT molecular complexity index is 643. The van der Waals surface area contributed by atoms with Gasteiger partial charge >= 0.3 is 0 Å². The van der Waals surface area contributed by atoms with Crippen LogP contribution in [0.5, 0.6) is 0 Å². The van der Waals surface area contributed by atoms with Crippen molar-refractivity contribution in [1.29, 1.82) is 0 Å². The first-order valence-corrected chi connectivity index (χ1v) is 7.99. The Morgan fingerprint density at radius 1 is 1.45 bits per heavy atom. The maximum absolute atomic E-state index is 12.5. The Morgan fingerprint density at radius 3 is 2.55 bits per heavy atom. The van der Waals surface area contributed by atoms with Crippen molar-refractivity contribution < 1.29 is 13.3 Å². The Hall–Kier alpha value is -1.18. The van der Waals surface area contributed by atoms with Crippen molar-refractivity contribution in [1.82, 2.24) is 4.31 Å². The SMILES string of the molecule is CC(C1CC1)N(C)S(=O)(=O)c1ccc(Cl)c([N+](=O)[O-])c1. The minimum Gasteiger partial charge on any atom is -0.258 e.